The maximum atomic E-state index is 12.1. The van der Waals surface area contributed by atoms with Gasteiger partial charge in [0.15, 0.2) is 0 Å². The van der Waals surface area contributed by atoms with Crippen LogP contribution < -0.4 is 4.72 Å². The summed E-state index contributed by atoms with van der Waals surface area (Å²) in [7, 11) is -3.47. The number of hydrogen-bond acceptors (Lipinski definition) is 2. The van der Waals surface area contributed by atoms with E-state index in [1.165, 1.54) is 4.31 Å². The molecule has 2 rings (SSSR count). The highest BCUT2D eigenvalue weighted by Gasteiger charge is 2.30. The molecule has 1 N–H and O–H groups in total. The molecule has 17 heavy (non-hydrogen) atoms. The molecule has 0 aromatic heterocycles. The SMILES string of the molecule is CC(C)N1C2=C/C(=C\C/C=C\C=C2)NS1(=O)=O. The van der Waals surface area contributed by atoms with Crippen molar-refractivity contribution in [2.75, 3.05) is 0 Å². The van der Waals surface area contributed by atoms with Crippen molar-refractivity contribution in [1.29, 1.82) is 0 Å². The van der Waals surface area contributed by atoms with Gasteiger partial charge in [-0.15, -0.1) is 0 Å². The third-order valence-electron chi connectivity index (χ3n) is 2.52. The van der Waals surface area contributed by atoms with Crippen molar-refractivity contribution in [3.05, 3.63) is 47.9 Å². The molecule has 92 valence electrons. The zero-order chi connectivity index (χ0) is 12.5. The van der Waals surface area contributed by atoms with Gasteiger partial charge in [-0.05, 0) is 32.4 Å². The van der Waals surface area contributed by atoms with Crippen molar-refractivity contribution >= 4 is 10.2 Å². The zero-order valence-corrected chi connectivity index (χ0v) is 10.7. The Bertz CT molecular complexity index is 525. The third-order valence-corrected chi connectivity index (χ3v) is 4.16. The number of nitrogens with zero attached hydrogens (tertiary/aromatic N) is 1. The van der Waals surface area contributed by atoms with Gasteiger partial charge in [0.25, 0.3) is 0 Å². The first-order valence-electron chi connectivity index (χ1n) is 5.58. The molecular weight excluding hydrogens is 236 g/mol. The van der Waals surface area contributed by atoms with Gasteiger partial charge in [-0.1, -0.05) is 24.3 Å². The van der Waals surface area contributed by atoms with Crippen LogP contribution >= 0.6 is 0 Å². The molecule has 0 saturated carbocycles. The van der Waals surface area contributed by atoms with Gasteiger partial charge in [-0.25, -0.2) is 0 Å². The lowest BCUT2D eigenvalue weighted by Gasteiger charge is -2.33. The van der Waals surface area contributed by atoms with Gasteiger partial charge in [0, 0.05) is 11.7 Å². The molecule has 2 bridgehead atoms. The van der Waals surface area contributed by atoms with E-state index in [4.69, 9.17) is 0 Å². The fraction of sp³-hybridized carbons (Fsp3) is 0.333. The number of hydrogen-bond donors (Lipinski definition) is 1. The van der Waals surface area contributed by atoms with Crippen molar-refractivity contribution in [2.24, 2.45) is 0 Å². The topological polar surface area (TPSA) is 49.4 Å². The van der Waals surface area contributed by atoms with Crippen LogP contribution in [0.4, 0.5) is 0 Å². The third kappa shape index (κ3) is 2.44. The van der Waals surface area contributed by atoms with Crippen LogP contribution in [0, 0.1) is 0 Å². The highest BCUT2D eigenvalue weighted by molar-refractivity contribution is 7.87. The summed E-state index contributed by atoms with van der Waals surface area (Å²) in [5, 5.41) is 0. The second-order valence-corrected chi connectivity index (χ2v) is 5.80. The van der Waals surface area contributed by atoms with Crippen LogP contribution in [-0.4, -0.2) is 18.8 Å². The molecule has 1 aliphatic heterocycles. The van der Waals surface area contributed by atoms with Gasteiger partial charge in [0.05, 0.1) is 5.70 Å². The first kappa shape index (κ1) is 12.0. The van der Waals surface area contributed by atoms with Crippen LogP contribution in [0.15, 0.2) is 47.9 Å². The highest BCUT2D eigenvalue weighted by atomic mass is 32.2. The van der Waals surface area contributed by atoms with E-state index >= 15 is 0 Å². The molecule has 0 saturated heterocycles. The molecule has 1 heterocycles. The van der Waals surface area contributed by atoms with Crippen LogP contribution in [0.5, 0.6) is 0 Å². The van der Waals surface area contributed by atoms with Crippen LogP contribution in [0.25, 0.3) is 0 Å². The predicted molar refractivity (Wildman–Crippen MR) is 68.1 cm³/mol. The maximum Gasteiger partial charge on any atom is 0.324 e. The van der Waals surface area contributed by atoms with E-state index in [0.29, 0.717) is 17.8 Å². The molecule has 1 aliphatic carbocycles. The summed E-state index contributed by atoms with van der Waals surface area (Å²) < 4.78 is 28.1. The van der Waals surface area contributed by atoms with Gasteiger partial charge in [-0.3, -0.25) is 9.03 Å². The molecule has 0 unspecified atom stereocenters. The lowest BCUT2D eigenvalue weighted by atomic mass is 10.2. The van der Waals surface area contributed by atoms with Crippen LogP contribution in [0.2, 0.25) is 0 Å². The average molecular weight is 252 g/mol. The maximum absolute atomic E-state index is 12.1. The quantitative estimate of drug-likeness (QED) is 0.774. The Labute approximate surface area is 102 Å². The van der Waals surface area contributed by atoms with Gasteiger partial charge in [0.1, 0.15) is 0 Å². The highest BCUT2D eigenvalue weighted by Crippen LogP contribution is 2.23. The normalized spacial score (nSPS) is 27.1. The summed E-state index contributed by atoms with van der Waals surface area (Å²) in [5.41, 5.74) is 1.32. The van der Waals surface area contributed by atoms with E-state index in [2.05, 4.69) is 4.72 Å². The lowest BCUT2D eigenvalue weighted by Crippen LogP contribution is -2.45. The Balaban J connectivity index is 2.54. The summed E-state index contributed by atoms with van der Waals surface area (Å²) >= 11 is 0. The predicted octanol–water partition coefficient (Wildman–Crippen LogP) is 1.83. The fourth-order valence-electron chi connectivity index (χ4n) is 1.89. The van der Waals surface area contributed by atoms with Gasteiger partial charge in [-0.2, -0.15) is 8.42 Å². The number of allylic oxidation sites excluding steroid dienone is 6. The van der Waals surface area contributed by atoms with Crippen molar-refractivity contribution in [1.82, 2.24) is 9.03 Å². The molecule has 0 fully saturated rings. The lowest BCUT2D eigenvalue weighted by molar-refractivity contribution is 0.415. The van der Waals surface area contributed by atoms with Crippen molar-refractivity contribution in [3.63, 3.8) is 0 Å². The number of rotatable bonds is 1. The van der Waals surface area contributed by atoms with E-state index in [-0.39, 0.29) is 6.04 Å². The molecule has 0 amide bonds. The van der Waals surface area contributed by atoms with E-state index in [9.17, 15) is 8.42 Å². The fourth-order valence-corrected chi connectivity index (χ4v) is 3.38. The van der Waals surface area contributed by atoms with E-state index in [1.54, 1.807) is 0 Å². The number of nitrogens with one attached hydrogen (secondary N) is 1. The molecule has 2 aliphatic rings. The first-order valence-corrected chi connectivity index (χ1v) is 7.02. The Morgan fingerprint density at radius 3 is 2.82 bits per heavy atom. The molecule has 0 atom stereocenters. The van der Waals surface area contributed by atoms with Crippen molar-refractivity contribution in [2.45, 2.75) is 26.3 Å². The summed E-state index contributed by atoms with van der Waals surface area (Å²) in [4.78, 5) is 0. The number of fused-ring (bicyclic) bond motifs is 1. The summed E-state index contributed by atoms with van der Waals surface area (Å²) in [6.07, 6.45) is 12.0. The first-order chi connectivity index (χ1) is 8.00. The largest absolute Gasteiger partial charge is 0.324 e. The van der Waals surface area contributed by atoms with E-state index in [0.717, 1.165) is 0 Å². The van der Waals surface area contributed by atoms with Gasteiger partial charge < -0.3 is 0 Å². The molecule has 0 aromatic carbocycles. The minimum Gasteiger partial charge on any atom is -0.267 e. The van der Waals surface area contributed by atoms with Gasteiger partial charge >= 0.3 is 10.2 Å². The van der Waals surface area contributed by atoms with Gasteiger partial charge in [0.2, 0.25) is 0 Å². The molecule has 0 radical (unpaired) electrons. The molecule has 0 aromatic rings. The zero-order valence-electron chi connectivity index (χ0n) is 9.92. The van der Waals surface area contributed by atoms with Crippen LogP contribution in [0.3, 0.4) is 0 Å². The Morgan fingerprint density at radius 2 is 2.12 bits per heavy atom. The van der Waals surface area contributed by atoms with Crippen LogP contribution in [-0.2, 0) is 10.2 Å². The average Bonchev–Trinajstić information content (AvgIpc) is 2.27. The minimum absolute atomic E-state index is 0.116. The second-order valence-electron chi connectivity index (χ2n) is 4.25. The molecule has 5 heteroatoms. The minimum atomic E-state index is -3.47. The van der Waals surface area contributed by atoms with E-state index < -0.39 is 10.2 Å². The second kappa shape index (κ2) is 4.41. The summed E-state index contributed by atoms with van der Waals surface area (Å²) in [6.45, 7) is 3.70. The Hall–Kier alpha value is -1.49. The standard InChI is InChI=1S/C12H16N2O2S/c1-10(2)14-12-8-6-4-3-5-7-11(9-12)13-17(14,15)16/h3-4,6-10,13H,5H2,1-2H3/b4-3-,8-6?,11-7+. The smallest absolute Gasteiger partial charge is 0.267 e. The Morgan fingerprint density at radius 1 is 1.35 bits per heavy atom. The van der Waals surface area contributed by atoms with Crippen molar-refractivity contribution in [3.8, 4) is 0 Å². The van der Waals surface area contributed by atoms with E-state index in [1.807, 2.05) is 50.3 Å². The summed E-state index contributed by atoms with van der Waals surface area (Å²) in [5.74, 6) is 0. The monoisotopic (exact) mass is 252 g/mol. The molecule has 4 nitrogen and oxygen atoms in total. The Kier molecular flexibility index (Phi) is 3.11. The summed E-state index contributed by atoms with van der Waals surface area (Å²) in [6, 6.07) is -0.116. The molecular formula is C12H16N2O2S. The molecule has 0 spiro atoms. The van der Waals surface area contributed by atoms with Crippen LogP contribution in [0.1, 0.15) is 20.3 Å². The van der Waals surface area contributed by atoms with Crippen molar-refractivity contribution < 1.29 is 8.42 Å².